The van der Waals surface area contributed by atoms with E-state index in [4.69, 9.17) is 0 Å². The first kappa shape index (κ1) is 17.2. The highest BCUT2D eigenvalue weighted by atomic mass is 32.1. The number of likely N-dealkylation sites (tertiary alicyclic amines) is 1. The number of hydrogen-bond donors (Lipinski definition) is 1. The first-order valence-electron chi connectivity index (χ1n) is 7.94. The molecule has 0 bridgehead atoms. The number of alkyl halides is 3. The topological polar surface area (TPSA) is 41.1 Å². The fourth-order valence-electron chi connectivity index (χ4n) is 2.80. The van der Waals surface area contributed by atoms with Crippen molar-refractivity contribution in [2.45, 2.75) is 31.5 Å². The minimum absolute atomic E-state index is 0.159. The number of rotatable bonds is 5. The zero-order chi connectivity index (χ0) is 17.0. The molecular weight excluding hydrogens is 337 g/mol. The summed E-state index contributed by atoms with van der Waals surface area (Å²) in [7, 11) is 0. The van der Waals surface area contributed by atoms with Crippen molar-refractivity contribution >= 4 is 16.5 Å². The molecule has 0 amide bonds. The van der Waals surface area contributed by atoms with Gasteiger partial charge in [0.05, 0.1) is 0 Å². The van der Waals surface area contributed by atoms with Gasteiger partial charge in [0.15, 0.2) is 0 Å². The van der Waals surface area contributed by atoms with E-state index >= 15 is 0 Å². The normalized spacial score (nSPS) is 17.1. The lowest BCUT2D eigenvalue weighted by Gasteiger charge is -2.32. The summed E-state index contributed by atoms with van der Waals surface area (Å²) in [5, 5.41) is 9.24. The fraction of sp³-hybridized carbons (Fsp3) is 0.500. The predicted octanol–water partition coefficient (Wildman–Crippen LogP) is 3.68. The van der Waals surface area contributed by atoms with Crippen molar-refractivity contribution in [2.24, 2.45) is 0 Å². The molecule has 3 rings (SSSR count). The first-order valence-corrected chi connectivity index (χ1v) is 8.76. The van der Waals surface area contributed by atoms with Gasteiger partial charge < -0.3 is 10.2 Å². The second-order valence-corrected chi connectivity index (χ2v) is 6.88. The van der Waals surface area contributed by atoms with Crippen molar-refractivity contribution in [2.75, 3.05) is 25.0 Å². The van der Waals surface area contributed by atoms with E-state index in [9.17, 15) is 13.2 Å². The van der Waals surface area contributed by atoms with Gasteiger partial charge in [0.25, 0.3) is 0 Å². The Kier molecular flexibility index (Phi) is 5.35. The van der Waals surface area contributed by atoms with E-state index in [1.54, 1.807) is 0 Å². The van der Waals surface area contributed by atoms with Crippen LogP contribution in [0.5, 0.6) is 0 Å². The van der Waals surface area contributed by atoms with Crippen molar-refractivity contribution < 1.29 is 13.2 Å². The van der Waals surface area contributed by atoms with Crippen LogP contribution >= 0.6 is 11.3 Å². The summed E-state index contributed by atoms with van der Waals surface area (Å²) in [4.78, 5) is 2.40. The number of piperidine rings is 1. The van der Waals surface area contributed by atoms with Crippen molar-refractivity contribution in [3.8, 4) is 0 Å². The molecule has 8 heteroatoms. The van der Waals surface area contributed by atoms with Gasteiger partial charge in [0.2, 0.25) is 10.1 Å². The van der Waals surface area contributed by atoms with Gasteiger partial charge in [-0.25, -0.2) is 0 Å². The third-order valence-electron chi connectivity index (χ3n) is 4.14. The van der Waals surface area contributed by atoms with E-state index in [0.717, 1.165) is 38.9 Å². The number of nitrogens with one attached hydrogen (secondary N) is 1. The lowest BCUT2D eigenvalue weighted by atomic mass is 10.0. The summed E-state index contributed by atoms with van der Waals surface area (Å²) in [6.07, 6.45) is -1.60. The van der Waals surface area contributed by atoms with Gasteiger partial charge in [-0.2, -0.15) is 13.2 Å². The maximum absolute atomic E-state index is 12.5. The van der Waals surface area contributed by atoms with Gasteiger partial charge in [-0.3, -0.25) is 0 Å². The Balaban J connectivity index is 1.43. The number of anilines is 1. The highest BCUT2D eigenvalue weighted by Crippen LogP contribution is 2.33. The van der Waals surface area contributed by atoms with Crippen molar-refractivity contribution in [3.05, 3.63) is 40.9 Å². The minimum atomic E-state index is -4.42. The maximum atomic E-state index is 12.5. The highest BCUT2D eigenvalue weighted by molar-refractivity contribution is 7.15. The third-order valence-corrected chi connectivity index (χ3v) is 5.04. The van der Waals surface area contributed by atoms with Crippen LogP contribution in [0.25, 0.3) is 0 Å². The molecule has 0 radical (unpaired) electrons. The van der Waals surface area contributed by atoms with E-state index in [2.05, 4.69) is 32.5 Å². The third kappa shape index (κ3) is 4.67. The Bertz CT molecular complexity index is 636. The van der Waals surface area contributed by atoms with Crippen molar-refractivity contribution in [1.82, 2.24) is 15.1 Å². The van der Waals surface area contributed by atoms with Crippen LogP contribution in [0.3, 0.4) is 0 Å². The van der Waals surface area contributed by atoms with Crippen LogP contribution in [0.2, 0.25) is 0 Å². The Hall–Kier alpha value is -1.67. The van der Waals surface area contributed by atoms with Gasteiger partial charge in [0.1, 0.15) is 0 Å². The zero-order valence-corrected chi connectivity index (χ0v) is 13.9. The van der Waals surface area contributed by atoms with Gasteiger partial charge >= 0.3 is 6.18 Å². The quantitative estimate of drug-likeness (QED) is 0.887. The summed E-state index contributed by atoms with van der Waals surface area (Å²) in [5.41, 5.74) is 1.33. The van der Waals surface area contributed by atoms with Crippen LogP contribution in [0, 0.1) is 0 Å². The molecule has 130 valence electrons. The zero-order valence-electron chi connectivity index (χ0n) is 13.1. The van der Waals surface area contributed by atoms with Crippen LogP contribution < -0.4 is 5.32 Å². The SMILES string of the molecule is FC(F)(F)c1nnc(NC2CCN(CCc3ccccc3)CC2)s1. The molecule has 1 saturated heterocycles. The van der Waals surface area contributed by atoms with Crippen LogP contribution in [-0.2, 0) is 12.6 Å². The molecule has 1 aliphatic rings. The molecule has 1 aliphatic heterocycles. The standard InChI is InChI=1S/C16H19F3N4S/c17-16(18,19)14-21-22-15(24-14)20-13-7-10-23(11-8-13)9-6-12-4-2-1-3-5-12/h1-5,13H,6-11H2,(H,20,22). The average Bonchev–Trinajstić information content (AvgIpc) is 3.04. The Morgan fingerprint density at radius 3 is 2.46 bits per heavy atom. The summed E-state index contributed by atoms with van der Waals surface area (Å²) < 4.78 is 37.6. The number of hydrogen-bond acceptors (Lipinski definition) is 5. The minimum Gasteiger partial charge on any atom is -0.357 e. The van der Waals surface area contributed by atoms with E-state index in [1.165, 1.54) is 5.56 Å². The van der Waals surface area contributed by atoms with Crippen LogP contribution in [0.4, 0.5) is 18.3 Å². The second-order valence-electron chi connectivity index (χ2n) is 5.91. The molecule has 0 unspecified atom stereocenters. The fourth-order valence-corrected chi connectivity index (χ4v) is 3.49. The molecule has 2 aromatic rings. The lowest BCUT2D eigenvalue weighted by Crippen LogP contribution is -2.40. The van der Waals surface area contributed by atoms with Crippen molar-refractivity contribution in [3.63, 3.8) is 0 Å². The molecule has 4 nitrogen and oxygen atoms in total. The Morgan fingerprint density at radius 1 is 1.12 bits per heavy atom. The molecular formula is C16H19F3N4S. The van der Waals surface area contributed by atoms with Crippen molar-refractivity contribution in [1.29, 1.82) is 0 Å². The van der Waals surface area contributed by atoms with Gasteiger partial charge in [-0.05, 0) is 24.8 Å². The number of halogens is 3. The van der Waals surface area contributed by atoms with Gasteiger partial charge in [-0.1, -0.05) is 41.7 Å². The van der Waals surface area contributed by atoms with E-state index in [-0.39, 0.29) is 11.2 Å². The second kappa shape index (κ2) is 7.48. The molecule has 1 aromatic heterocycles. The Labute approximate surface area is 142 Å². The molecule has 0 atom stereocenters. The molecule has 1 N–H and O–H groups in total. The van der Waals surface area contributed by atoms with E-state index < -0.39 is 11.2 Å². The summed E-state index contributed by atoms with van der Waals surface area (Å²) in [5.74, 6) is 0. The largest absolute Gasteiger partial charge is 0.445 e. The van der Waals surface area contributed by atoms with E-state index in [0.29, 0.717) is 11.3 Å². The summed E-state index contributed by atoms with van der Waals surface area (Å²) >= 11 is 0.570. The molecule has 0 saturated carbocycles. The average molecular weight is 356 g/mol. The molecule has 2 heterocycles. The molecule has 24 heavy (non-hydrogen) atoms. The van der Waals surface area contributed by atoms with Gasteiger partial charge in [-0.15, -0.1) is 10.2 Å². The van der Waals surface area contributed by atoms with Crippen LogP contribution in [0.15, 0.2) is 30.3 Å². The smallest absolute Gasteiger partial charge is 0.357 e. The summed E-state index contributed by atoms with van der Waals surface area (Å²) in [6.45, 7) is 2.89. The monoisotopic (exact) mass is 356 g/mol. The van der Waals surface area contributed by atoms with Crippen LogP contribution in [0.1, 0.15) is 23.4 Å². The summed E-state index contributed by atoms with van der Waals surface area (Å²) in [6, 6.07) is 10.5. The number of benzene rings is 1. The number of nitrogens with zero attached hydrogens (tertiary/aromatic N) is 3. The van der Waals surface area contributed by atoms with Gasteiger partial charge in [0, 0.05) is 25.7 Å². The Morgan fingerprint density at radius 2 is 1.83 bits per heavy atom. The molecule has 1 fully saturated rings. The lowest BCUT2D eigenvalue weighted by molar-refractivity contribution is -0.138. The first-order chi connectivity index (χ1) is 11.5. The number of aromatic nitrogens is 2. The molecule has 0 aliphatic carbocycles. The van der Waals surface area contributed by atoms with Crippen LogP contribution in [-0.4, -0.2) is 40.8 Å². The predicted molar refractivity (Wildman–Crippen MR) is 88.1 cm³/mol. The molecule has 0 spiro atoms. The maximum Gasteiger partial charge on any atom is 0.445 e. The van der Waals surface area contributed by atoms with E-state index in [1.807, 2.05) is 18.2 Å². The molecule has 1 aromatic carbocycles. The highest BCUT2D eigenvalue weighted by Gasteiger charge is 2.36.